The molecule has 3 rings (SSSR count). The van der Waals surface area contributed by atoms with Crippen LogP contribution in [0.25, 0.3) is 0 Å². The van der Waals surface area contributed by atoms with Gasteiger partial charge in [0.25, 0.3) is 0 Å². The first-order chi connectivity index (χ1) is 10.2. The maximum absolute atomic E-state index is 13.6. The highest BCUT2D eigenvalue weighted by Gasteiger charge is 2.29. The number of rotatable bonds is 5. The van der Waals surface area contributed by atoms with E-state index in [9.17, 15) is 4.39 Å². The predicted molar refractivity (Wildman–Crippen MR) is 87.2 cm³/mol. The van der Waals surface area contributed by atoms with E-state index in [1.165, 1.54) is 30.7 Å². The van der Waals surface area contributed by atoms with Gasteiger partial charge in [-0.25, -0.2) is 14.4 Å². The normalized spacial score (nSPS) is 14.2. The molecule has 1 heterocycles. The molecule has 1 aromatic carbocycles. The van der Waals surface area contributed by atoms with Gasteiger partial charge in [-0.15, -0.1) is 11.8 Å². The summed E-state index contributed by atoms with van der Waals surface area (Å²) in [5.41, 5.74) is 1.07. The molecule has 6 heteroatoms. The van der Waals surface area contributed by atoms with Gasteiger partial charge in [-0.2, -0.15) is 0 Å². The van der Waals surface area contributed by atoms with Crippen LogP contribution in [0.4, 0.5) is 10.2 Å². The lowest BCUT2D eigenvalue weighted by Crippen LogP contribution is -2.04. The molecule has 0 saturated heterocycles. The van der Waals surface area contributed by atoms with Gasteiger partial charge in [0.05, 0.1) is 15.9 Å². The van der Waals surface area contributed by atoms with Crippen molar-refractivity contribution < 1.29 is 4.39 Å². The Morgan fingerprint density at radius 1 is 1.33 bits per heavy atom. The number of nitrogens with one attached hydrogen (secondary N) is 1. The molecule has 1 aliphatic carbocycles. The Morgan fingerprint density at radius 2 is 2.10 bits per heavy atom. The number of hydrogen-bond donors (Lipinski definition) is 1. The molecule has 2 aromatic rings. The van der Waals surface area contributed by atoms with Crippen molar-refractivity contribution in [1.82, 2.24) is 9.97 Å². The second kappa shape index (κ2) is 6.32. The predicted octanol–water partition coefficient (Wildman–Crippen LogP) is 4.59. The summed E-state index contributed by atoms with van der Waals surface area (Å²) in [6.07, 6.45) is 2.36. The van der Waals surface area contributed by atoms with Crippen molar-refractivity contribution in [1.29, 1.82) is 0 Å². The highest BCUT2D eigenvalue weighted by Crippen LogP contribution is 2.44. The summed E-state index contributed by atoms with van der Waals surface area (Å²) in [5, 5.41) is 3.09. The smallest absolute Gasteiger partial charge is 0.144 e. The fourth-order valence-electron chi connectivity index (χ4n) is 2.07. The van der Waals surface area contributed by atoms with E-state index in [4.69, 9.17) is 0 Å². The van der Waals surface area contributed by atoms with E-state index in [-0.39, 0.29) is 5.82 Å². The summed E-state index contributed by atoms with van der Waals surface area (Å²) in [6.45, 7) is 0. The first-order valence-corrected chi connectivity index (χ1v) is 8.58. The zero-order valence-corrected chi connectivity index (χ0v) is 14.0. The number of aromatic nitrogens is 2. The van der Waals surface area contributed by atoms with E-state index in [0.717, 1.165) is 21.8 Å². The Morgan fingerprint density at radius 3 is 2.76 bits per heavy atom. The highest BCUT2D eigenvalue weighted by molar-refractivity contribution is 9.10. The van der Waals surface area contributed by atoms with E-state index in [2.05, 4.69) is 31.2 Å². The Hall–Kier alpha value is -1.14. The molecule has 1 aliphatic rings. The summed E-state index contributed by atoms with van der Waals surface area (Å²) in [5.74, 6) is 2.43. The van der Waals surface area contributed by atoms with Crippen LogP contribution in [-0.2, 0) is 5.75 Å². The van der Waals surface area contributed by atoms with E-state index in [1.54, 1.807) is 12.1 Å². The Labute approximate surface area is 135 Å². The standard InChI is InChI=1S/C15H15BrFN3S/c1-18-15-13(16)14(9-6-7-9)19-12(20-15)8-21-11-5-3-2-4-10(11)17/h2-5,9H,6-8H2,1H3,(H,18,19,20). The van der Waals surface area contributed by atoms with Gasteiger partial charge in [0.2, 0.25) is 0 Å². The van der Waals surface area contributed by atoms with Crippen molar-refractivity contribution >= 4 is 33.5 Å². The van der Waals surface area contributed by atoms with E-state index in [0.29, 0.717) is 16.6 Å². The number of anilines is 1. The largest absolute Gasteiger partial charge is 0.372 e. The van der Waals surface area contributed by atoms with Crippen LogP contribution in [0.5, 0.6) is 0 Å². The number of benzene rings is 1. The topological polar surface area (TPSA) is 37.8 Å². The molecule has 21 heavy (non-hydrogen) atoms. The molecule has 1 fully saturated rings. The Bertz CT molecular complexity index is 661. The third-order valence-corrected chi connectivity index (χ3v) is 5.14. The first kappa shape index (κ1) is 14.8. The molecule has 0 bridgehead atoms. The van der Waals surface area contributed by atoms with Crippen molar-refractivity contribution in [3.63, 3.8) is 0 Å². The summed E-state index contributed by atoms with van der Waals surface area (Å²) in [6, 6.07) is 6.78. The van der Waals surface area contributed by atoms with Crippen LogP contribution in [0.15, 0.2) is 33.6 Å². The minimum Gasteiger partial charge on any atom is -0.372 e. The van der Waals surface area contributed by atoms with E-state index >= 15 is 0 Å². The molecule has 0 unspecified atom stereocenters. The van der Waals surface area contributed by atoms with Gasteiger partial charge in [0.15, 0.2) is 0 Å². The zero-order chi connectivity index (χ0) is 14.8. The molecular formula is C15H15BrFN3S. The van der Waals surface area contributed by atoms with E-state index in [1.807, 2.05) is 13.1 Å². The monoisotopic (exact) mass is 367 g/mol. The average molecular weight is 368 g/mol. The lowest BCUT2D eigenvalue weighted by molar-refractivity contribution is 0.602. The van der Waals surface area contributed by atoms with Gasteiger partial charge in [0, 0.05) is 17.9 Å². The van der Waals surface area contributed by atoms with Gasteiger partial charge in [0.1, 0.15) is 17.5 Å². The van der Waals surface area contributed by atoms with Crippen molar-refractivity contribution in [2.75, 3.05) is 12.4 Å². The minimum absolute atomic E-state index is 0.198. The van der Waals surface area contributed by atoms with Gasteiger partial charge in [-0.1, -0.05) is 12.1 Å². The van der Waals surface area contributed by atoms with Gasteiger partial charge in [-0.3, -0.25) is 0 Å². The lowest BCUT2D eigenvalue weighted by Gasteiger charge is -2.10. The molecule has 0 spiro atoms. The summed E-state index contributed by atoms with van der Waals surface area (Å²) >= 11 is 4.99. The second-order valence-electron chi connectivity index (χ2n) is 4.93. The fourth-order valence-corrected chi connectivity index (χ4v) is 3.57. The number of thioether (sulfide) groups is 1. The zero-order valence-electron chi connectivity index (χ0n) is 11.6. The molecule has 1 saturated carbocycles. The van der Waals surface area contributed by atoms with Crippen LogP contribution in [-0.4, -0.2) is 17.0 Å². The van der Waals surface area contributed by atoms with Gasteiger partial charge < -0.3 is 5.32 Å². The second-order valence-corrected chi connectivity index (χ2v) is 6.74. The fraction of sp³-hybridized carbons (Fsp3) is 0.333. The molecule has 3 nitrogen and oxygen atoms in total. The number of nitrogens with zero attached hydrogens (tertiary/aromatic N) is 2. The van der Waals surface area contributed by atoms with Crippen LogP contribution < -0.4 is 5.32 Å². The third-order valence-electron chi connectivity index (χ3n) is 3.32. The van der Waals surface area contributed by atoms with Crippen molar-refractivity contribution in [2.45, 2.75) is 29.4 Å². The average Bonchev–Trinajstić information content (AvgIpc) is 3.32. The molecule has 1 aromatic heterocycles. The molecule has 1 N–H and O–H groups in total. The summed E-state index contributed by atoms with van der Waals surface area (Å²) in [4.78, 5) is 9.77. The third kappa shape index (κ3) is 3.37. The number of halogens is 2. The molecule has 0 radical (unpaired) electrons. The summed E-state index contributed by atoms with van der Waals surface area (Å²) in [7, 11) is 1.84. The number of hydrogen-bond acceptors (Lipinski definition) is 4. The molecule has 110 valence electrons. The molecule has 0 amide bonds. The lowest BCUT2D eigenvalue weighted by atomic mass is 10.2. The van der Waals surface area contributed by atoms with Crippen LogP contribution in [0.3, 0.4) is 0 Å². The Kier molecular flexibility index (Phi) is 4.45. The molecular weight excluding hydrogens is 353 g/mol. The maximum Gasteiger partial charge on any atom is 0.144 e. The van der Waals surface area contributed by atoms with Crippen molar-refractivity contribution in [3.8, 4) is 0 Å². The van der Waals surface area contributed by atoms with Crippen LogP contribution in [0.2, 0.25) is 0 Å². The SMILES string of the molecule is CNc1nc(CSc2ccccc2F)nc(C2CC2)c1Br. The summed E-state index contributed by atoms with van der Waals surface area (Å²) < 4.78 is 14.6. The molecule has 0 atom stereocenters. The van der Waals surface area contributed by atoms with E-state index < -0.39 is 0 Å². The first-order valence-electron chi connectivity index (χ1n) is 6.80. The van der Waals surface area contributed by atoms with Crippen LogP contribution in [0, 0.1) is 5.82 Å². The Balaban J connectivity index is 1.82. The minimum atomic E-state index is -0.198. The van der Waals surface area contributed by atoms with Crippen LogP contribution >= 0.6 is 27.7 Å². The highest BCUT2D eigenvalue weighted by atomic mass is 79.9. The quantitative estimate of drug-likeness (QED) is 0.784. The van der Waals surface area contributed by atoms with Gasteiger partial charge >= 0.3 is 0 Å². The van der Waals surface area contributed by atoms with Crippen molar-refractivity contribution in [3.05, 3.63) is 46.1 Å². The molecule has 0 aliphatic heterocycles. The van der Waals surface area contributed by atoms with Crippen molar-refractivity contribution in [2.24, 2.45) is 0 Å². The van der Waals surface area contributed by atoms with Crippen LogP contribution in [0.1, 0.15) is 30.3 Å². The van der Waals surface area contributed by atoms with Gasteiger partial charge in [-0.05, 0) is 40.9 Å². The maximum atomic E-state index is 13.6.